The van der Waals surface area contributed by atoms with Crippen molar-refractivity contribution in [1.82, 2.24) is 0 Å². The molecule has 0 radical (unpaired) electrons. The van der Waals surface area contributed by atoms with Gasteiger partial charge in [-0.2, -0.15) is 0 Å². The molecule has 0 rings (SSSR count). The van der Waals surface area contributed by atoms with Gasteiger partial charge in [0.1, 0.15) is 13.2 Å². The van der Waals surface area contributed by atoms with Crippen LogP contribution in [0.1, 0.15) is 239 Å². The van der Waals surface area contributed by atoms with Gasteiger partial charge in [-0.1, -0.05) is 184 Å². The highest BCUT2D eigenvalue weighted by atomic mass is 16.6. The van der Waals surface area contributed by atoms with Crippen LogP contribution in [-0.2, 0) is 28.6 Å². The Labute approximate surface area is 376 Å². The summed E-state index contributed by atoms with van der Waals surface area (Å²) in [5, 5.41) is 0. The minimum atomic E-state index is -0.796. The highest BCUT2D eigenvalue weighted by Gasteiger charge is 2.19. The van der Waals surface area contributed by atoms with E-state index in [0.29, 0.717) is 19.3 Å². The Bertz CT molecular complexity index is 1160. The molecule has 0 aliphatic heterocycles. The number of rotatable bonds is 45. The number of esters is 3. The second-order valence-corrected chi connectivity index (χ2v) is 16.7. The standard InChI is InChI=1S/C55H94O6/c1-4-7-10-13-16-19-22-25-26-27-28-29-31-33-36-39-42-45-48-54(57)60-51-52(50-59-53(56)47-44-41-38-35-32-24-21-18-15-12-9-6-3)61-55(58)49-46-43-40-37-34-30-23-20-17-14-11-8-5-2/h8,11,17-22,26-27,30,34,52H,4-7,9-10,12-16,23-25,28-29,31-33,35-51H2,1-3H3/b11-8-,20-17-,21-18-,22-19-,27-26-,34-30-. The zero-order chi connectivity index (χ0) is 44.4. The molecule has 0 saturated heterocycles. The van der Waals surface area contributed by atoms with Crippen LogP contribution in [0.4, 0.5) is 0 Å². The van der Waals surface area contributed by atoms with Crippen molar-refractivity contribution in [2.75, 3.05) is 13.2 Å². The van der Waals surface area contributed by atoms with Crippen LogP contribution >= 0.6 is 0 Å². The molecule has 1 unspecified atom stereocenters. The quantitative estimate of drug-likeness (QED) is 0.0263. The first kappa shape index (κ1) is 57.9. The Morgan fingerprint density at radius 3 is 1.07 bits per heavy atom. The van der Waals surface area contributed by atoms with Gasteiger partial charge in [0.15, 0.2) is 6.10 Å². The van der Waals surface area contributed by atoms with Gasteiger partial charge in [0.2, 0.25) is 0 Å². The molecule has 0 aromatic heterocycles. The van der Waals surface area contributed by atoms with Gasteiger partial charge >= 0.3 is 17.9 Å². The molecule has 0 saturated carbocycles. The fourth-order valence-electron chi connectivity index (χ4n) is 6.83. The van der Waals surface area contributed by atoms with E-state index < -0.39 is 6.10 Å². The summed E-state index contributed by atoms with van der Waals surface area (Å²) in [7, 11) is 0. The number of unbranched alkanes of at least 4 members (excludes halogenated alkanes) is 22. The summed E-state index contributed by atoms with van der Waals surface area (Å²) in [6.45, 7) is 6.44. The Balaban J connectivity index is 4.41. The third kappa shape index (κ3) is 47.7. The predicted octanol–water partition coefficient (Wildman–Crippen LogP) is 16.6. The lowest BCUT2D eigenvalue weighted by Gasteiger charge is -2.18. The molecule has 0 bridgehead atoms. The summed E-state index contributed by atoms with van der Waals surface area (Å²) in [4.78, 5) is 37.9. The molecule has 350 valence electrons. The monoisotopic (exact) mass is 851 g/mol. The molecule has 0 N–H and O–H groups in total. The Kier molecular flexibility index (Phi) is 46.9. The van der Waals surface area contributed by atoms with E-state index in [4.69, 9.17) is 14.2 Å². The summed E-state index contributed by atoms with van der Waals surface area (Å²) < 4.78 is 16.7. The van der Waals surface area contributed by atoms with Gasteiger partial charge in [-0.3, -0.25) is 14.4 Å². The van der Waals surface area contributed by atoms with Crippen molar-refractivity contribution in [2.45, 2.75) is 245 Å². The molecule has 6 heteroatoms. The third-order valence-corrected chi connectivity index (χ3v) is 10.7. The zero-order valence-electron chi connectivity index (χ0n) is 39.9. The second kappa shape index (κ2) is 49.5. The van der Waals surface area contributed by atoms with Crippen molar-refractivity contribution >= 4 is 17.9 Å². The smallest absolute Gasteiger partial charge is 0.306 e. The first-order valence-corrected chi connectivity index (χ1v) is 25.4. The van der Waals surface area contributed by atoms with Crippen molar-refractivity contribution in [1.29, 1.82) is 0 Å². The maximum atomic E-state index is 12.8. The average molecular weight is 851 g/mol. The minimum absolute atomic E-state index is 0.0944. The number of ether oxygens (including phenoxy) is 3. The largest absolute Gasteiger partial charge is 0.462 e. The Morgan fingerprint density at radius 1 is 0.344 bits per heavy atom. The van der Waals surface area contributed by atoms with Gasteiger partial charge < -0.3 is 14.2 Å². The molecule has 0 aliphatic carbocycles. The van der Waals surface area contributed by atoms with Gasteiger partial charge in [-0.15, -0.1) is 0 Å². The lowest BCUT2D eigenvalue weighted by Crippen LogP contribution is -2.30. The number of carbonyl (C=O) groups excluding carboxylic acids is 3. The Morgan fingerprint density at radius 2 is 0.639 bits per heavy atom. The van der Waals surface area contributed by atoms with Crippen LogP contribution in [-0.4, -0.2) is 37.2 Å². The van der Waals surface area contributed by atoms with Gasteiger partial charge in [-0.25, -0.2) is 0 Å². The molecule has 0 aliphatic rings. The van der Waals surface area contributed by atoms with Crippen LogP contribution in [0.5, 0.6) is 0 Å². The maximum absolute atomic E-state index is 12.8. The zero-order valence-corrected chi connectivity index (χ0v) is 39.9. The fourth-order valence-corrected chi connectivity index (χ4v) is 6.83. The van der Waals surface area contributed by atoms with Crippen molar-refractivity contribution in [3.05, 3.63) is 72.9 Å². The fraction of sp³-hybridized carbons (Fsp3) is 0.727. The molecule has 61 heavy (non-hydrogen) atoms. The van der Waals surface area contributed by atoms with Crippen LogP contribution in [0, 0.1) is 0 Å². The molecular weight excluding hydrogens is 757 g/mol. The average Bonchev–Trinajstić information content (AvgIpc) is 3.26. The number of hydrogen-bond acceptors (Lipinski definition) is 6. The Hall–Kier alpha value is -3.15. The molecule has 0 spiro atoms. The maximum Gasteiger partial charge on any atom is 0.306 e. The second-order valence-electron chi connectivity index (χ2n) is 16.7. The van der Waals surface area contributed by atoms with E-state index in [2.05, 4.69) is 93.7 Å². The van der Waals surface area contributed by atoms with Gasteiger partial charge in [0.25, 0.3) is 0 Å². The molecular formula is C55H94O6. The highest BCUT2D eigenvalue weighted by Crippen LogP contribution is 2.13. The van der Waals surface area contributed by atoms with Gasteiger partial charge in [0, 0.05) is 19.3 Å². The van der Waals surface area contributed by atoms with Crippen molar-refractivity contribution < 1.29 is 28.6 Å². The third-order valence-electron chi connectivity index (χ3n) is 10.7. The summed E-state index contributed by atoms with van der Waals surface area (Å²) in [6, 6.07) is 0. The molecule has 0 aromatic rings. The summed E-state index contributed by atoms with van der Waals surface area (Å²) in [6.07, 6.45) is 61.7. The van der Waals surface area contributed by atoms with E-state index in [-0.39, 0.29) is 31.1 Å². The van der Waals surface area contributed by atoms with Gasteiger partial charge in [0.05, 0.1) is 0 Å². The molecule has 1 atom stereocenters. The lowest BCUT2D eigenvalue weighted by atomic mass is 10.1. The van der Waals surface area contributed by atoms with Crippen LogP contribution < -0.4 is 0 Å². The normalized spacial score (nSPS) is 12.6. The van der Waals surface area contributed by atoms with Crippen LogP contribution in [0.2, 0.25) is 0 Å². The number of hydrogen-bond donors (Lipinski definition) is 0. The van der Waals surface area contributed by atoms with E-state index in [9.17, 15) is 14.4 Å². The summed E-state index contributed by atoms with van der Waals surface area (Å²) in [5.74, 6) is -0.941. The molecule has 0 heterocycles. The first-order valence-electron chi connectivity index (χ1n) is 25.4. The first-order chi connectivity index (χ1) is 30.0. The predicted molar refractivity (Wildman–Crippen MR) is 261 cm³/mol. The SMILES string of the molecule is CC/C=C\C/C=C\C/C=C\CCCCCC(=O)OC(COC(=O)CCCCCCC/C=C\CCCCC)COC(=O)CCCCCCCCC/C=C\C/C=C\CCCCCC. The number of allylic oxidation sites excluding steroid dienone is 12. The van der Waals surface area contributed by atoms with E-state index in [1.165, 1.54) is 96.3 Å². The van der Waals surface area contributed by atoms with Crippen LogP contribution in [0.3, 0.4) is 0 Å². The molecule has 0 amide bonds. The summed E-state index contributed by atoms with van der Waals surface area (Å²) in [5.41, 5.74) is 0. The van der Waals surface area contributed by atoms with E-state index in [0.717, 1.165) is 103 Å². The summed E-state index contributed by atoms with van der Waals surface area (Å²) >= 11 is 0. The van der Waals surface area contributed by atoms with Gasteiger partial charge in [-0.05, 0) is 109 Å². The van der Waals surface area contributed by atoms with E-state index >= 15 is 0 Å². The van der Waals surface area contributed by atoms with Crippen molar-refractivity contribution in [3.63, 3.8) is 0 Å². The molecule has 6 nitrogen and oxygen atoms in total. The van der Waals surface area contributed by atoms with Crippen LogP contribution in [0.15, 0.2) is 72.9 Å². The van der Waals surface area contributed by atoms with E-state index in [1.807, 2.05) is 0 Å². The van der Waals surface area contributed by atoms with E-state index in [1.54, 1.807) is 0 Å². The molecule has 0 aromatic carbocycles. The highest BCUT2D eigenvalue weighted by molar-refractivity contribution is 5.71. The minimum Gasteiger partial charge on any atom is -0.462 e. The topological polar surface area (TPSA) is 78.9 Å². The van der Waals surface area contributed by atoms with Crippen molar-refractivity contribution in [2.24, 2.45) is 0 Å². The number of carbonyl (C=O) groups is 3. The lowest BCUT2D eigenvalue weighted by molar-refractivity contribution is -0.167. The van der Waals surface area contributed by atoms with Crippen LogP contribution in [0.25, 0.3) is 0 Å². The molecule has 0 fully saturated rings. The van der Waals surface area contributed by atoms with Crippen molar-refractivity contribution in [3.8, 4) is 0 Å².